The molecule has 1 aromatic carbocycles. The van der Waals surface area contributed by atoms with Gasteiger partial charge in [0.25, 0.3) is 0 Å². The van der Waals surface area contributed by atoms with Gasteiger partial charge in [-0.25, -0.2) is 9.37 Å². The summed E-state index contributed by atoms with van der Waals surface area (Å²) in [6.45, 7) is 1.81. The highest BCUT2D eigenvalue weighted by atomic mass is 79.9. The van der Waals surface area contributed by atoms with Crippen molar-refractivity contribution in [3.05, 3.63) is 40.0 Å². The fourth-order valence-electron chi connectivity index (χ4n) is 1.42. The highest BCUT2D eigenvalue weighted by Gasteiger charge is 2.13. The molecule has 0 amide bonds. The van der Waals surface area contributed by atoms with Gasteiger partial charge >= 0.3 is 0 Å². The summed E-state index contributed by atoms with van der Waals surface area (Å²) in [5.41, 5.74) is 1.60. The maximum Gasteiger partial charge on any atom is 0.185 e. The van der Waals surface area contributed by atoms with E-state index in [4.69, 9.17) is 0 Å². The van der Waals surface area contributed by atoms with E-state index >= 15 is 0 Å². The van der Waals surface area contributed by atoms with Crippen molar-refractivity contribution in [2.75, 3.05) is 0 Å². The van der Waals surface area contributed by atoms with E-state index in [0.717, 1.165) is 5.56 Å². The molecule has 2 rings (SSSR count). The van der Waals surface area contributed by atoms with E-state index in [-0.39, 0.29) is 11.6 Å². The number of benzene rings is 1. The second-order valence-electron chi connectivity index (χ2n) is 3.39. The molecule has 0 atom stereocenters. The van der Waals surface area contributed by atoms with E-state index in [9.17, 15) is 9.18 Å². The molecule has 0 aliphatic heterocycles. The summed E-state index contributed by atoms with van der Waals surface area (Å²) in [5, 5.41) is 0. The average Bonchev–Trinajstić information content (AvgIpc) is 2.60. The lowest BCUT2D eigenvalue weighted by Crippen LogP contribution is -1.87. The topological polar surface area (TPSA) is 45.8 Å². The number of aromatic amines is 1. The van der Waals surface area contributed by atoms with E-state index in [2.05, 4.69) is 25.9 Å². The average molecular weight is 283 g/mol. The predicted octanol–water partition coefficient (Wildman–Crippen LogP) is 3.10. The van der Waals surface area contributed by atoms with Gasteiger partial charge in [0.15, 0.2) is 12.1 Å². The standard InChI is InChI=1S/C11H8BrFN2O/c1-6-2-3-7(8(13)4-6)10-11(12)15-9(5-16)14-10/h2-5H,1H3,(H,14,15). The van der Waals surface area contributed by atoms with Crippen molar-refractivity contribution < 1.29 is 9.18 Å². The van der Waals surface area contributed by atoms with Crippen molar-refractivity contribution in [1.29, 1.82) is 0 Å². The molecule has 0 radical (unpaired) electrons. The Bertz CT molecular complexity index is 551. The lowest BCUT2D eigenvalue weighted by atomic mass is 10.1. The van der Waals surface area contributed by atoms with Gasteiger partial charge in [-0.15, -0.1) is 0 Å². The number of nitrogens with zero attached hydrogens (tertiary/aromatic N) is 1. The Hall–Kier alpha value is -1.49. The van der Waals surface area contributed by atoms with Crippen LogP contribution >= 0.6 is 15.9 Å². The minimum Gasteiger partial charge on any atom is -0.330 e. The Labute approximate surface area is 99.8 Å². The summed E-state index contributed by atoms with van der Waals surface area (Å²) in [4.78, 5) is 17.2. The van der Waals surface area contributed by atoms with E-state index in [0.29, 0.717) is 22.1 Å². The summed E-state index contributed by atoms with van der Waals surface area (Å²) in [5.74, 6) is -0.188. The van der Waals surface area contributed by atoms with Crippen LogP contribution in [0.2, 0.25) is 0 Å². The lowest BCUT2D eigenvalue weighted by molar-refractivity contribution is 0.111. The zero-order chi connectivity index (χ0) is 11.7. The summed E-state index contributed by atoms with van der Waals surface area (Å²) in [7, 11) is 0. The SMILES string of the molecule is Cc1ccc(-c2nc(C=O)[nH]c2Br)c(F)c1. The van der Waals surface area contributed by atoms with Gasteiger partial charge in [-0.1, -0.05) is 6.07 Å². The molecule has 3 nitrogen and oxygen atoms in total. The number of carbonyl (C=O) groups excluding carboxylic acids is 1. The third kappa shape index (κ3) is 1.90. The quantitative estimate of drug-likeness (QED) is 0.861. The van der Waals surface area contributed by atoms with Crippen LogP contribution < -0.4 is 0 Å². The van der Waals surface area contributed by atoms with Crippen LogP contribution in [0.15, 0.2) is 22.8 Å². The van der Waals surface area contributed by atoms with Crippen molar-refractivity contribution in [3.63, 3.8) is 0 Å². The third-order valence-corrected chi connectivity index (χ3v) is 2.74. The largest absolute Gasteiger partial charge is 0.330 e. The number of nitrogens with one attached hydrogen (secondary N) is 1. The zero-order valence-electron chi connectivity index (χ0n) is 8.42. The Morgan fingerprint density at radius 3 is 2.81 bits per heavy atom. The first-order chi connectivity index (χ1) is 7.61. The van der Waals surface area contributed by atoms with Crippen molar-refractivity contribution in [3.8, 4) is 11.3 Å². The smallest absolute Gasteiger partial charge is 0.185 e. The van der Waals surface area contributed by atoms with Crippen LogP contribution in [0.3, 0.4) is 0 Å². The molecule has 2 aromatic rings. The molecule has 0 saturated heterocycles. The molecule has 1 N–H and O–H groups in total. The van der Waals surface area contributed by atoms with Gasteiger partial charge in [0.1, 0.15) is 16.1 Å². The molecule has 1 aromatic heterocycles. The van der Waals surface area contributed by atoms with Crippen molar-refractivity contribution >= 4 is 22.2 Å². The zero-order valence-corrected chi connectivity index (χ0v) is 10.0. The van der Waals surface area contributed by atoms with Gasteiger partial charge < -0.3 is 4.98 Å². The minimum atomic E-state index is -0.357. The normalized spacial score (nSPS) is 10.4. The molecule has 5 heteroatoms. The Balaban J connectivity index is 2.57. The van der Waals surface area contributed by atoms with Gasteiger partial charge in [0, 0.05) is 5.56 Å². The highest BCUT2D eigenvalue weighted by Crippen LogP contribution is 2.28. The molecule has 0 saturated carbocycles. The number of carbonyl (C=O) groups is 1. The van der Waals surface area contributed by atoms with Crippen LogP contribution in [0, 0.1) is 12.7 Å². The highest BCUT2D eigenvalue weighted by molar-refractivity contribution is 9.10. The van der Waals surface area contributed by atoms with E-state index in [1.165, 1.54) is 6.07 Å². The third-order valence-electron chi connectivity index (χ3n) is 2.17. The van der Waals surface area contributed by atoms with Crippen LogP contribution in [0.4, 0.5) is 4.39 Å². The van der Waals surface area contributed by atoms with Gasteiger partial charge in [-0.2, -0.15) is 0 Å². The van der Waals surface area contributed by atoms with Crippen LogP contribution in [-0.4, -0.2) is 16.3 Å². The lowest BCUT2D eigenvalue weighted by Gasteiger charge is -2.01. The number of rotatable bonds is 2. The number of halogens is 2. The van der Waals surface area contributed by atoms with Crippen molar-refractivity contribution in [1.82, 2.24) is 9.97 Å². The van der Waals surface area contributed by atoms with Crippen LogP contribution in [-0.2, 0) is 0 Å². The maximum atomic E-state index is 13.7. The number of hydrogen-bond donors (Lipinski definition) is 1. The molecule has 82 valence electrons. The molecule has 0 fully saturated rings. The van der Waals surface area contributed by atoms with Crippen molar-refractivity contribution in [2.45, 2.75) is 6.92 Å². The molecular weight excluding hydrogens is 275 g/mol. The first-order valence-electron chi connectivity index (χ1n) is 4.59. The van der Waals surface area contributed by atoms with Gasteiger partial charge in [-0.3, -0.25) is 4.79 Å². The second-order valence-corrected chi connectivity index (χ2v) is 4.18. The first-order valence-corrected chi connectivity index (χ1v) is 5.38. The summed E-state index contributed by atoms with van der Waals surface area (Å²) in [6.07, 6.45) is 0.584. The molecule has 0 aliphatic carbocycles. The summed E-state index contributed by atoms with van der Waals surface area (Å²) >= 11 is 3.20. The minimum absolute atomic E-state index is 0.168. The predicted molar refractivity (Wildman–Crippen MR) is 61.8 cm³/mol. The molecule has 0 aliphatic rings. The summed E-state index contributed by atoms with van der Waals surface area (Å²) in [6, 6.07) is 4.86. The Morgan fingerprint density at radius 2 is 2.25 bits per heavy atom. The molecule has 0 bridgehead atoms. The molecule has 1 heterocycles. The first kappa shape index (κ1) is 11.0. The van der Waals surface area contributed by atoms with E-state index in [1.54, 1.807) is 12.1 Å². The van der Waals surface area contributed by atoms with Crippen LogP contribution in [0.25, 0.3) is 11.3 Å². The van der Waals surface area contributed by atoms with E-state index in [1.807, 2.05) is 6.92 Å². The number of hydrogen-bond acceptors (Lipinski definition) is 2. The van der Waals surface area contributed by atoms with Crippen LogP contribution in [0.5, 0.6) is 0 Å². The Kier molecular flexibility index (Phi) is 2.87. The van der Waals surface area contributed by atoms with Gasteiger partial charge in [-0.05, 0) is 40.5 Å². The van der Waals surface area contributed by atoms with E-state index < -0.39 is 0 Å². The van der Waals surface area contributed by atoms with Crippen LogP contribution in [0.1, 0.15) is 16.2 Å². The number of imidazole rings is 1. The maximum absolute atomic E-state index is 13.7. The molecular formula is C11H8BrFN2O. The Morgan fingerprint density at radius 1 is 1.50 bits per heavy atom. The monoisotopic (exact) mass is 282 g/mol. The second kappa shape index (κ2) is 4.17. The number of aldehydes is 1. The molecule has 0 unspecified atom stereocenters. The summed E-state index contributed by atoms with van der Waals surface area (Å²) < 4.78 is 14.2. The fourth-order valence-corrected chi connectivity index (χ4v) is 1.92. The van der Waals surface area contributed by atoms with Crippen molar-refractivity contribution in [2.24, 2.45) is 0 Å². The number of H-pyrrole nitrogens is 1. The fraction of sp³-hybridized carbons (Fsp3) is 0.0909. The van der Waals surface area contributed by atoms with Gasteiger partial charge in [0.05, 0.1) is 0 Å². The number of aryl methyl sites for hydroxylation is 1. The number of aromatic nitrogens is 2. The van der Waals surface area contributed by atoms with Gasteiger partial charge in [0.2, 0.25) is 0 Å². The molecule has 16 heavy (non-hydrogen) atoms. The molecule has 0 spiro atoms.